The molecule has 0 aliphatic carbocycles. The number of pyridine rings is 2. The van der Waals surface area contributed by atoms with Gasteiger partial charge in [0.1, 0.15) is 22.1 Å². The summed E-state index contributed by atoms with van der Waals surface area (Å²) in [6, 6.07) is 5.28. The minimum Gasteiger partial charge on any atom is -0.495 e. The standard InChI is InChI=1S/C21H24N4O4S/c1-21(2,3)30(27,28)17-13-25-15(12-23-19(25)10-16(17)29-4)14-7-8-18(22-11-14)24-9-5-6-20(24)26/h7-8,10-13H,5-6,9H2,1-4H3. The molecule has 8 nitrogen and oxygen atoms in total. The van der Waals surface area contributed by atoms with Gasteiger partial charge < -0.3 is 4.74 Å². The molecule has 0 saturated carbocycles. The molecule has 0 radical (unpaired) electrons. The van der Waals surface area contributed by atoms with Crippen LogP contribution in [0.3, 0.4) is 0 Å². The van der Waals surface area contributed by atoms with Crippen LogP contribution in [0, 0.1) is 0 Å². The summed E-state index contributed by atoms with van der Waals surface area (Å²) in [5.41, 5.74) is 2.03. The van der Waals surface area contributed by atoms with Gasteiger partial charge in [-0.15, -0.1) is 0 Å². The van der Waals surface area contributed by atoms with Crippen LogP contribution in [0.4, 0.5) is 5.82 Å². The zero-order valence-corrected chi connectivity index (χ0v) is 18.2. The van der Waals surface area contributed by atoms with E-state index < -0.39 is 14.6 Å². The summed E-state index contributed by atoms with van der Waals surface area (Å²) in [4.78, 5) is 22.6. The molecule has 9 heteroatoms. The number of carbonyl (C=O) groups is 1. The predicted molar refractivity (Wildman–Crippen MR) is 114 cm³/mol. The predicted octanol–water partition coefficient (Wildman–Crippen LogP) is 3.10. The second-order valence-corrected chi connectivity index (χ2v) is 10.9. The first kappa shape index (κ1) is 20.3. The molecule has 158 valence electrons. The van der Waals surface area contributed by atoms with Crippen molar-refractivity contribution < 1.29 is 17.9 Å². The first-order chi connectivity index (χ1) is 14.1. The van der Waals surface area contributed by atoms with E-state index in [1.807, 2.05) is 6.07 Å². The van der Waals surface area contributed by atoms with Gasteiger partial charge in [-0.3, -0.25) is 14.1 Å². The van der Waals surface area contributed by atoms with Crippen molar-refractivity contribution in [2.75, 3.05) is 18.6 Å². The van der Waals surface area contributed by atoms with E-state index in [-0.39, 0.29) is 16.6 Å². The fourth-order valence-corrected chi connectivity index (χ4v) is 4.79. The molecule has 0 N–H and O–H groups in total. The molecule has 0 bridgehead atoms. The number of aromatic nitrogens is 3. The first-order valence-corrected chi connectivity index (χ1v) is 11.2. The molecular weight excluding hydrogens is 404 g/mol. The number of anilines is 1. The molecule has 4 heterocycles. The van der Waals surface area contributed by atoms with Gasteiger partial charge >= 0.3 is 0 Å². The number of rotatable bonds is 4. The largest absolute Gasteiger partial charge is 0.495 e. The Hall–Kier alpha value is -2.94. The SMILES string of the molecule is COc1cc2ncc(-c3ccc(N4CCCC4=O)nc3)n2cc1S(=O)(=O)C(C)(C)C. The smallest absolute Gasteiger partial charge is 0.228 e. The minimum absolute atomic E-state index is 0.0779. The average Bonchev–Trinajstić information content (AvgIpc) is 3.31. The molecular formula is C21H24N4O4S. The van der Waals surface area contributed by atoms with E-state index in [9.17, 15) is 13.2 Å². The van der Waals surface area contributed by atoms with Crippen LogP contribution < -0.4 is 9.64 Å². The molecule has 1 aliphatic heterocycles. The lowest BCUT2D eigenvalue weighted by Crippen LogP contribution is -2.28. The molecule has 1 fully saturated rings. The summed E-state index contributed by atoms with van der Waals surface area (Å²) in [5, 5.41) is 0. The van der Waals surface area contributed by atoms with Crippen LogP contribution in [0.15, 0.2) is 41.7 Å². The number of carbonyl (C=O) groups excluding carboxylic acids is 1. The topological polar surface area (TPSA) is 93.9 Å². The maximum atomic E-state index is 13.1. The molecule has 0 spiro atoms. The van der Waals surface area contributed by atoms with Crippen molar-refractivity contribution in [2.45, 2.75) is 43.3 Å². The summed E-state index contributed by atoms with van der Waals surface area (Å²) in [5.74, 6) is 0.956. The lowest BCUT2D eigenvalue weighted by Gasteiger charge is -2.21. The quantitative estimate of drug-likeness (QED) is 0.634. The summed E-state index contributed by atoms with van der Waals surface area (Å²) >= 11 is 0. The highest BCUT2D eigenvalue weighted by Gasteiger charge is 2.34. The fraction of sp³-hybridized carbons (Fsp3) is 0.381. The Kier molecular flexibility index (Phi) is 4.80. The van der Waals surface area contributed by atoms with Crippen molar-refractivity contribution in [1.82, 2.24) is 14.4 Å². The maximum absolute atomic E-state index is 13.1. The summed E-state index contributed by atoms with van der Waals surface area (Å²) in [7, 11) is -2.20. The third-order valence-electron chi connectivity index (χ3n) is 5.28. The number of amides is 1. The third kappa shape index (κ3) is 3.23. The summed E-state index contributed by atoms with van der Waals surface area (Å²) < 4.78 is 32.3. The highest BCUT2D eigenvalue weighted by molar-refractivity contribution is 7.92. The van der Waals surface area contributed by atoms with Gasteiger partial charge in [-0.1, -0.05) is 0 Å². The van der Waals surface area contributed by atoms with Crippen LogP contribution in [0.2, 0.25) is 0 Å². The van der Waals surface area contributed by atoms with E-state index in [2.05, 4.69) is 9.97 Å². The molecule has 3 aromatic rings. The number of nitrogens with zero attached hydrogens (tertiary/aromatic N) is 4. The molecule has 0 aromatic carbocycles. The summed E-state index contributed by atoms with van der Waals surface area (Å²) in [6.07, 6.45) is 6.27. The molecule has 1 aliphatic rings. The van der Waals surface area contributed by atoms with Crippen molar-refractivity contribution in [3.63, 3.8) is 0 Å². The molecule has 0 atom stereocenters. The molecule has 1 amide bonds. The molecule has 30 heavy (non-hydrogen) atoms. The van der Waals surface area contributed by atoms with E-state index in [1.54, 1.807) is 60.8 Å². The van der Waals surface area contributed by atoms with Gasteiger partial charge in [0.05, 0.1) is 23.7 Å². The van der Waals surface area contributed by atoms with Gasteiger partial charge in [0.2, 0.25) is 5.91 Å². The van der Waals surface area contributed by atoms with Gasteiger partial charge in [0.25, 0.3) is 0 Å². The van der Waals surface area contributed by atoms with Gasteiger partial charge in [-0.05, 0) is 39.3 Å². The van der Waals surface area contributed by atoms with Crippen molar-refractivity contribution in [1.29, 1.82) is 0 Å². The Morgan fingerprint density at radius 2 is 1.90 bits per heavy atom. The lowest BCUT2D eigenvalue weighted by atomic mass is 10.2. The lowest BCUT2D eigenvalue weighted by molar-refractivity contribution is -0.117. The Morgan fingerprint density at radius 3 is 2.47 bits per heavy atom. The zero-order chi connectivity index (χ0) is 21.7. The highest BCUT2D eigenvalue weighted by atomic mass is 32.2. The second kappa shape index (κ2) is 7.09. The van der Waals surface area contributed by atoms with Crippen LogP contribution in [0.1, 0.15) is 33.6 Å². The third-order valence-corrected chi connectivity index (χ3v) is 7.78. The number of hydrogen-bond acceptors (Lipinski definition) is 6. The Bertz CT molecular complexity index is 1220. The van der Waals surface area contributed by atoms with E-state index >= 15 is 0 Å². The van der Waals surface area contributed by atoms with Gasteiger partial charge in [0, 0.05) is 37.0 Å². The van der Waals surface area contributed by atoms with Gasteiger partial charge in [-0.2, -0.15) is 0 Å². The first-order valence-electron chi connectivity index (χ1n) is 9.70. The van der Waals surface area contributed by atoms with Gasteiger partial charge in [0.15, 0.2) is 9.84 Å². The van der Waals surface area contributed by atoms with Crippen LogP contribution in [-0.4, -0.2) is 47.1 Å². The van der Waals surface area contributed by atoms with Crippen LogP contribution >= 0.6 is 0 Å². The van der Waals surface area contributed by atoms with E-state index in [1.165, 1.54) is 7.11 Å². The molecule has 1 saturated heterocycles. The van der Waals surface area contributed by atoms with Gasteiger partial charge in [-0.25, -0.2) is 18.4 Å². The van der Waals surface area contributed by atoms with Crippen LogP contribution in [0.25, 0.3) is 16.9 Å². The van der Waals surface area contributed by atoms with E-state index in [4.69, 9.17) is 4.74 Å². The molecule has 3 aromatic heterocycles. The normalized spacial score (nSPS) is 15.2. The molecule has 4 rings (SSSR count). The number of fused-ring (bicyclic) bond motifs is 1. The number of imidazole rings is 1. The second-order valence-electron chi connectivity index (χ2n) is 8.25. The number of methoxy groups -OCH3 is 1. The monoisotopic (exact) mass is 428 g/mol. The highest BCUT2D eigenvalue weighted by Crippen LogP contribution is 2.34. The van der Waals surface area contributed by atoms with Crippen molar-refractivity contribution in [3.05, 3.63) is 36.8 Å². The molecule has 0 unspecified atom stereocenters. The van der Waals surface area contributed by atoms with Crippen molar-refractivity contribution in [2.24, 2.45) is 0 Å². The Labute approximate surface area is 175 Å². The number of hydrogen-bond donors (Lipinski definition) is 0. The fourth-order valence-electron chi connectivity index (χ4n) is 3.48. The average molecular weight is 429 g/mol. The number of sulfone groups is 1. The summed E-state index contributed by atoms with van der Waals surface area (Å²) in [6.45, 7) is 5.64. The number of ether oxygens (including phenoxy) is 1. The van der Waals surface area contributed by atoms with E-state index in [0.717, 1.165) is 12.0 Å². The minimum atomic E-state index is -3.64. The van der Waals surface area contributed by atoms with Crippen LogP contribution in [-0.2, 0) is 14.6 Å². The van der Waals surface area contributed by atoms with Crippen LogP contribution in [0.5, 0.6) is 5.75 Å². The Morgan fingerprint density at radius 1 is 1.13 bits per heavy atom. The zero-order valence-electron chi connectivity index (χ0n) is 17.4. The Balaban J connectivity index is 1.81. The van der Waals surface area contributed by atoms with Crippen molar-refractivity contribution in [3.8, 4) is 17.0 Å². The van der Waals surface area contributed by atoms with Crippen molar-refractivity contribution >= 4 is 27.2 Å². The van der Waals surface area contributed by atoms with E-state index in [0.29, 0.717) is 30.1 Å². The maximum Gasteiger partial charge on any atom is 0.228 e.